The van der Waals surface area contributed by atoms with Crippen LogP contribution < -0.4 is 0 Å². The summed E-state index contributed by atoms with van der Waals surface area (Å²) in [5, 5.41) is 8.99. The maximum atomic E-state index is 14.2. The lowest BCUT2D eigenvalue weighted by Crippen LogP contribution is -2.45. The second-order valence-electron chi connectivity index (χ2n) is 5.28. The number of fused-ring (bicyclic) bond motifs is 2. The van der Waals surface area contributed by atoms with E-state index in [1.165, 1.54) is 4.31 Å². The Morgan fingerprint density at radius 3 is 2.43 bits per heavy atom. The molecule has 2 heterocycles. The molecular formula is C13H15F2NO4S. The zero-order valence-electron chi connectivity index (χ0n) is 11.1. The number of hydrogen-bond donors (Lipinski definition) is 1. The molecule has 0 radical (unpaired) electrons. The van der Waals surface area contributed by atoms with Crippen molar-refractivity contribution in [3.8, 4) is 0 Å². The Bertz CT molecular complexity index is 652. The molecule has 2 aliphatic rings. The highest BCUT2D eigenvalue weighted by molar-refractivity contribution is 7.89. The van der Waals surface area contributed by atoms with Gasteiger partial charge >= 0.3 is 0 Å². The molecule has 2 fully saturated rings. The first-order valence-corrected chi connectivity index (χ1v) is 8.11. The number of rotatable bonds is 3. The van der Waals surface area contributed by atoms with E-state index in [1.807, 2.05) is 0 Å². The van der Waals surface area contributed by atoms with Crippen LogP contribution in [-0.4, -0.2) is 43.1 Å². The molecule has 2 saturated heterocycles. The SMILES string of the molecule is O=S(=O)(c1ccc(F)c(CO)c1F)N1CC2CCC(C1)O2. The van der Waals surface area contributed by atoms with Crippen molar-refractivity contribution in [3.63, 3.8) is 0 Å². The third-order valence-electron chi connectivity index (χ3n) is 3.94. The van der Waals surface area contributed by atoms with Crippen LogP contribution in [-0.2, 0) is 21.4 Å². The van der Waals surface area contributed by atoms with Crippen molar-refractivity contribution in [2.24, 2.45) is 0 Å². The lowest BCUT2D eigenvalue weighted by atomic mass is 10.2. The number of aliphatic hydroxyl groups excluding tert-OH is 1. The molecule has 2 unspecified atom stereocenters. The molecule has 3 rings (SSSR count). The third kappa shape index (κ3) is 2.46. The first-order valence-electron chi connectivity index (χ1n) is 6.67. The van der Waals surface area contributed by atoms with Crippen molar-refractivity contribution in [1.29, 1.82) is 0 Å². The van der Waals surface area contributed by atoms with Gasteiger partial charge in [0.25, 0.3) is 0 Å². The predicted molar refractivity (Wildman–Crippen MR) is 68.9 cm³/mol. The molecule has 116 valence electrons. The van der Waals surface area contributed by atoms with E-state index in [2.05, 4.69) is 0 Å². The first kappa shape index (κ1) is 14.8. The molecule has 0 amide bonds. The summed E-state index contributed by atoms with van der Waals surface area (Å²) in [4.78, 5) is -0.603. The molecule has 1 N–H and O–H groups in total. The first-order chi connectivity index (χ1) is 9.93. The molecule has 5 nitrogen and oxygen atoms in total. The molecule has 0 saturated carbocycles. The molecule has 2 bridgehead atoms. The molecule has 1 aromatic rings. The lowest BCUT2D eigenvalue weighted by molar-refractivity contribution is -0.0115. The highest BCUT2D eigenvalue weighted by atomic mass is 32.2. The highest BCUT2D eigenvalue weighted by Gasteiger charge is 2.40. The highest BCUT2D eigenvalue weighted by Crippen LogP contribution is 2.31. The van der Waals surface area contributed by atoms with Gasteiger partial charge in [-0.25, -0.2) is 17.2 Å². The smallest absolute Gasteiger partial charge is 0.246 e. The average molecular weight is 319 g/mol. The molecule has 0 aromatic heterocycles. The van der Waals surface area contributed by atoms with Crippen molar-refractivity contribution in [3.05, 3.63) is 29.3 Å². The molecule has 2 atom stereocenters. The van der Waals surface area contributed by atoms with Gasteiger partial charge in [0.15, 0.2) is 5.82 Å². The van der Waals surface area contributed by atoms with Gasteiger partial charge in [-0.15, -0.1) is 0 Å². The van der Waals surface area contributed by atoms with Crippen LogP contribution in [0.1, 0.15) is 18.4 Å². The fraction of sp³-hybridized carbons (Fsp3) is 0.538. The van der Waals surface area contributed by atoms with Gasteiger partial charge in [-0.3, -0.25) is 0 Å². The van der Waals surface area contributed by atoms with Gasteiger partial charge in [-0.2, -0.15) is 4.31 Å². The molecule has 1 aromatic carbocycles. The van der Waals surface area contributed by atoms with Gasteiger partial charge in [0.1, 0.15) is 10.7 Å². The molecule has 0 aliphatic carbocycles. The van der Waals surface area contributed by atoms with Crippen LogP contribution in [0.2, 0.25) is 0 Å². The Labute approximate surface area is 121 Å². The summed E-state index contributed by atoms with van der Waals surface area (Å²) in [5.74, 6) is -2.19. The summed E-state index contributed by atoms with van der Waals surface area (Å²) in [6, 6.07) is 1.76. The van der Waals surface area contributed by atoms with E-state index in [0.29, 0.717) is 0 Å². The summed E-state index contributed by atoms with van der Waals surface area (Å²) in [6.07, 6.45) is 1.23. The van der Waals surface area contributed by atoms with E-state index in [0.717, 1.165) is 25.0 Å². The van der Waals surface area contributed by atoms with Crippen LogP contribution >= 0.6 is 0 Å². The predicted octanol–water partition coefficient (Wildman–Crippen LogP) is 1.01. The number of hydrogen-bond acceptors (Lipinski definition) is 4. The van der Waals surface area contributed by atoms with Crippen molar-refractivity contribution >= 4 is 10.0 Å². The number of morpholine rings is 1. The number of ether oxygens (including phenoxy) is 1. The minimum absolute atomic E-state index is 0.167. The van der Waals surface area contributed by atoms with Gasteiger partial charge in [0.05, 0.1) is 24.4 Å². The zero-order chi connectivity index (χ0) is 15.2. The monoisotopic (exact) mass is 319 g/mol. The minimum atomic E-state index is -4.07. The van der Waals surface area contributed by atoms with Gasteiger partial charge in [0.2, 0.25) is 10.0 Å². The van der Waals surface area contributed by atoms with E-state index < -0.39 is 38.7 Å². The van der Waals surface area contributed by atoms with Crippen LogP contribution in [0, 0.1) is 11.6 Å². The van der Waals surface area contributed by atoms with Crippen LogP contribution in [0.5, 0.6) is 0 Å². The van der Waals surface area contributed by atoms with Crippen molar-refractivity contribution in [2.45, 2.75) is 36.6 Å². The van der Waals surface area contributed by atoms with Crippen molar-refractivity contribution < 1.29 is 27.0 Å². The number of benzene rings is 1. The summed E-state index contributed by atoms with van der Waals surface area (Å²) in [7, 11) is -4.07. The minimum Gasteiger partial charge on any atom is -0.391 e. The van der Waals surface area contributed by atoms with Crippen molar-refractivity contribution in [2.75, 3.05) is 13.1 Å². The van der Waals surface area contributed by atoms with Gasteiger partial charge in [-0.05, 0) is 25.0 Å². The molecular weight excluding hydrogens is 304 g/mol. The Balaban J connectivity index is 1.99. The Kier molecular flexibility index (Phi) is 3.73. The number of aliphatic hydroxyl groups is 1. The van der Waals surface area contributed by atoms with E-state index in [-0.39, 0.29) is 25.3 Å². The summed E-state index contributed by atoms with van der Waals surface area (Å²) in [5.41, 5.74) is -0.632. The number of sulfonamides is 1. The van der Waals surface area contributed by atoms with E-state index >= 15 is 0 Å². The van der Waals surface area contributed by atoms with Crippen LogP contribution in [0.4, 0.5) is 8.78 Å². The van der Waals surface area contributed by atoms with Crippen LogP contribution in [0.15, 0.2) is 17.0 Å². The second kappa shape index (κ2) is 5.28. The summed E-state index contributed by atoms with van der Waals surface area (Å²) in [6.45, 7) is -0.552. The fourth-order valence-corrected chi connectivity index (χ4v) is 4.43. The van der Waals surface area contributed by atoms with Crippen LogP contribution in [0.3, 0.4) is 0 Å². The molecule has 21 heavy (non-hydrogen) atoms. The largest absolute Gasteiger partial charge is 0.391 e. The quantitative estimate of drug-likeness (QED) is 0.903. The Hall–Kier alpha value is -1.09. The Morgan fingerprint density at radius 1 is 1.24 bits per heavy atom. The lowest BCUT2D eigenvalue weighted by Gasteiger charge is -2.31. The molecule has 0 spiro atoms. The third-order valence-corrected chi connectivity index (χ3v) is 5.79. The summed E-state index contributed by atoms with van der Waals surface area (Å²) >= 11 is 0. The number of nitrogens with zero attached hydrogens (tertiary/aromatic N) is 1. The summed E-state index contributed by atoms with van der Waals surface area (Å²) < 4.78 is 59.3. The van der Waals surface area contributed by atoms with Gasteiger partial charge in [0, 0.05) is 13.1 Å². The maximum absolute atomic E-state index is 14.2. The zero-order valence-corrected chi connectivity index (χ0v) is 11.9. The molecule has 2 aliphatic heterocycles. The van der Waals surface area contributed by atoms with Gasteiger partial charge in [-0.1, -0.05) is 0 Å². The van der Waals surface area contributed by atoms with E-state index in [1.54, 1.807) is 0 Å². The van der Waals surface area contributed by atoms with E-state index in [9.17, 15) is 17.2 Å². The number of halogens is 2. The normalized spacial score (nSPS) is 26.2. The maximum Gasteiger partial charge on any atom is 0.246 e. The van der Waals surface area contributed by atoms with Crippen molar-refractivity contribution in [1.82, 2.24) is 4.31 Å². The molecule has 8 heteroatoms. The Morgan fingerprint density at radius 2 is 1.86 bits per heavy atom. The average Bonchev–Trinajstić information content (AvgIpc) is 2.77. The fourth-order valence-electron chi connectivity index (χ4n) is 2.83. The second-order valence-corrected chi connectivity index (χ2v) is 7.18. The van der Waals surface area contributed by atoms with Crippen LogP contribution in [0.25, 0.3) is 0 Å². The van der Waals surface area contributed by atoms with E-state index in [4.69, 9.17) is 9.84 Å². The van der Waals surface area contributed by atoms with Gasteiger partial charge < -0.3 is 9.84 Å². The standard InChI is InChI=1S/C13H15F2NO4S/c14-11-3-4-12(13(15)10(11)7-17)21(18,19)16-5-8-1-2-9(6-16)20-8/h3-4,8-9,17H,1-2,5-7H2. The topological polar surface area (TPSA) is 66.8 Å².